The average Bonchev–Trinajstić information content (AvgIpc) is 2.77. The summed E-state index contributed by atoms with van der Waals surface area (Å²) in [6.07, 6.45) is -0.785. The molecule has 1 aromatic carbocycles. The molecule has 0 radical (unpaired) electrons. The summed E-state index contributed by atoms with van der Waals surface area (Å²) in [4.78, 5) is 4.11. The molecule has 2 atom stereocenters. The van der Waals surface area contributed by atoms with Crippen molar-refractivity contribution < 1.29 is 14.0 Å². The molecule has 3 N–H and O–H groups in total. The van der Waals surface area contributed by atoms with Gasteiger partial charge in [-0.05, 0) is 37.6 Å². The Balaban J connectivity index is 2.35. The van der Waals surface area contributed by atoms with E-state index in [1.165, 1.54) is 19.1 Å². The smallest absolute Gasteiger partial charge is 0.246 e. The standard InChI is InChI=1S/C12H14FN3O2/c1-6-5-8(13)3-4-9(6)11-15-12(18-16-11)10(14)7(2)17/h3-5,7,10,17H,14H2,1-2H3. The topological polar surface area (TPSA) is 85.2 Å². The molecule has 2 aromatic rings. The maximum atomic E-state index is 13.0. The van der Waals surface area contributed by atoms with Gasteiger partial charge >= 0.3 is 0 Å². The Bertz CT molecular complexity index is 554. The molecular formula is C12H14FN3O2. The van der Waals surface area contributed by atoms with Crippen molar-refractivity contribution in [2.24, 2.45) is 5.73 Å². The lowest BCUT2D eigenvalue weighted by Gasteiger charge is -2.08. The number of hydrogen-bond donors (Lipinski definition) is 2. The van der Waals surface area contributed by atoms with Gasteiger partial charge < -0.3 is 15.4 Å². The van der Waals surface area contributed by atoms with Gasteiger partial charge in [0, 0.05) is 5.56 Å². The van der Waals surface area contributed by atoms with Gasteiger partial charge in [-0.3, -0.25) is 0 Å². The summed E-state index contributed by atoms with van der Waals surface area (Å²) in [5, 5.41) is 13.1. The van der Waals surface area contributed by atoms with Gasteiger partial charge in [0.15, 0.2) is 0 Å². The van der Waals surface area contributed by atoms with Crippen LogP contribution in [0.4, 0.5) is 4.39 Å². The third-order valence-electron chi connectivity index (χ3n) is 2.68. The monoisotopic (exact) mass is 251 g/mol. The lowest BCUT2D eigenvalue weighted by molar-refractivity contribution is 0.146. The van der Waals surface area contributed by atoms with Gasteiger partial charge in [-0.1, -0.05) is 5.16 Å². The second-order valence-electron chi connectivity index (χ2n) is 4.18. The van der Waals surface area contributed by atoms with Gasteiger partial charge in [-0.25, -0.2) is 4.39 Å². The van der Waals surface area contributed by atoms with E-state index >= 15 is 0 Å². The number of halogens is 1. The van der Waals surface area contributed by atoms with Crippen LogP contribution in [0, 0.1) is 12.7 Å². The predicted molar refractivity (Wildman–Crippen MR) is 63.0 cm³/mol. The van der Waals surface area contributed by atoms with Gasteiger partial charge in [0.05, 0.1) is 6.10 Å². The number of nitrogens with zero attached hydrogens (tertiary/aromatic N) is 2. The molecule has 0 aliphatic heterocycles. The maximum absolute atomic E-state index is 13.0. The maximum Gasteiger partial charge on any atom is 0.246 e. The van der Waals surface area contributed by atoms with E-state index in [4.69, 9.17) is 10.3 Å². The van der Waals surface area contributed by atoms with Crippen LogP contribution in [0.25, 0.3) is 11.4 Å². The highest BCUT2D eigenvalue weighted by molar-refractivity contribution is 5.59. The number of aliphatic hydroxyl groups is 1. The fourth-order valence-corrected chi connectivity index (χ4v) is 1.56. The molecule has 5 nitrogen and oxygen atoms in total. The Hall–Kier alpha value is -1.79. The third kappa shape index (κ3) is 2.39. The largest absolute Gasteiger partial charge is 0.391 e. The van der Waals surface area contributed by atoms with Crippen LogP contribution in [-0.2, 0) is 0 Å². The van der Waals surface area contributed by atoms with E-state index in [2.05, 4.69) is 10.1 Å². The molecule has 0 aliphatic carbocycles. The highest BCUT2D eigenvalue weighted by Crippen LogP contribution is 2.23. The zero-order chi connectivity index (χ0) is 13.3. The minimum atomic E-state index is -0.785. The number of aryl methyl sites for hydroxylation is 1. The number of aromatic nitrogens is 2. The molecule has 0 amide bonds. The van der Waals surface area contributed by atoms with E-state index in [9.17, 15) is 9.50 Å². The van der Waals surface area contributed by atoms with E-state index in [0.29, 0.717) is 17.0 Å². The Kier molecular flexibility index (Phi) is 3.40. The second-order valence-corrected chi connectivity index (χ2v) is 4.18. The summed E-state index contributed by atoms with van der Waals surface area (Å²) in [6, 6.07) is 3.56. The van der Waals surface area contributed by atoms with Crippen LogP contribution in [0.1, 0.15) is 24.4 Å². The highest BCUT2D eigenvalue weighted by atomic mass is 19.1. The summed E-state index contributed by atoms with van der Waals surface area (Å²) in [5.41, 5.74) is 7.06. The Morgan fingerprint density at radius 1 is 1.44 bits per heavy atom. The molecule has 0 aliphatic rings. The zero-order valence-corrected chi connectivity index (χ0v) is 10.1. The summed E-state index contributed by atoms with van der Waals surface area (Å²) < 4.78 is 18.0. The Morgan fingerprint density at radius 2 is 2.17 bits per heavy atom. The lowest BCUT2D eigenvalue weighted by Crippen LogP contribution is -2.23. The summed E-state index contributed by atoms with van der Waals surface area (Å²) in [5.74, 6) is 0.169. The Morgan fingerprint density at radius 3 is 2.78 bits per heavy atom. The van der Waals surface area contributed by atoms with Gasteiger partial charge in [0.25, 0.3) is 0 Å². The summed E-state index contributed by atoms with van der Waals surface area (Å²) in [7, 11) is 0. The molecule has 1 heterocycles. The SMILES string of the molecule is Cc1cc(F)ccc1-c1noc(C(N)C(C)O)n1. The molecule has 2 rings (SSSR count). The predicted octanol–water partition coefficient (Wildman–Crippen LogP) is 1.56. The van der Waals surface area contributed by atoms with Crippen molar-refractivity contribution in [3.63, 3.8) is 0 Å². The molecule has 0 saturated heterocycles. The fourth-order valence-electron chi connectivity index (χ4n) is 1.56. The van der Waals surface area contributed by atoms with E-state index in [0.717, 1.165) is 0 Å². The van der Waals surface area contributed by atoms with Gasteiger partial charge in [-0.15, -0.1) is 0 Å². The first-order valence-electron chi connectivity index (χ1n) is 5.53. The molecule has 0 fully saturated rings. The van der Waals surface area contributed by atoms with E-state index < -0.39 is 12.1 Å². The minimum Gasteiger partial charge on any atom is -0.391 e. The number of hydrogen-bond acceptors (Lipinski definition) is 5. The van der Waals surface area contributed by atoms with Crippen LogP contribution in [0.3, 0.4) is 0 Å². The minimum absolute atomic E-state index is 0.156. The summed E-state index contributed by atoms with van der Waals surface area (Å²) in [6.45, 7) is 3.29. The van der Waals surface area contributed by atoms with Crippen LogP contribution in [-0.4, -0.2) is 21.4 Å². The average molecular weight is 251 g/mol. The Labute approximate surface area is 103 Å². The molecule has 96 valence electrons. The van der Waals surface area contributed by atoms with Gasteiger partial charge in [0.2, 0.25) is 11.7 Å². The summed E-state index contributed by atoms with van der Waals surface area (Å²) >= 11 is 0. The number of nitrogens with two attached hydrogens (primary N) is 1. The van der Waals surface area contributed by atoms with E-state index in [1.807, 2.05) is 0 Å². The van der Waals surface area contributed by atoms with Crippen molar-refractivity contribution in [1.29, 1.82) is 0 Å². The van der Waals surface area contributed by atoms with Crippen LogP contribution in [0.5, 0.6) is 0 Å². The van der Waals surface area contributed by atoms with Crippen molar-refractivity contribution in [3.8, 4) is 11.4 Å². The first-order valence-corrected chi connectivity index (χ1v) is 5.53. The number of rotatable bonds is 3. The van der Waals surface area contributed by atoms with Gasteiger partial charge in [-0.2, -0.15) is 4.98 Å². The van der Waals surface area contributed by atoms with Crippen molar-refractivity contribution in [2.75, 3.05) is 0 Å². The molecule has 2 unspecified atom stereocenters. The lowest BCUT2D eigenvalue weighted by atomic mass is 10.1. The van der Waals surface area contributed by atoms with E-state index in [1.54, 1.807) is 13.0 Å². The number of aliphatic hydroxyl groups excluding tert-OH is 1. The van der Waals surface area contributed by atoms with Crippen molar-refractivity contribution in [3.05, 3.63) is 35.5 Å². The fraction of sp³-hybridized carbons (Fsp3) is 0.333. The van der Waals surface area contributed by atoms with Crippen LogP contribution >= 0.6 is 0 Å². The normalized spacial score (nSPS) is 14.5. The molecule has 0 saturated carbocycles. The zero-order valence-electron chi connectivity index (χ0n) is 10.1. The molecule has 6 heteroatoms. The molecule has 0 bridgehead atoms. The van der Waals surface area contributed by atoms with Crippen LogP contribution in [0.2, 0.25) is 0 Å². The molecule has 0 spiro atoms. The third-order valence-corrected chi connectivity index (χ3v) is 2.68. The van der Waals surface area contributed by atoms with Crippen molar-refractivity contribution in [2.45, 2.75) is 26.0 Å². The van der Waals surface area contributed by atoms with Gasteiger partial charge in [0.1, 0.15) is 11.9 Å². The first-order chi connectivity index (χ1) is 8.49. The van der Waals surface area contributed by atoms with Crippen molar-refractivity contribution in [1.82, 2.24) is 10.1 Å². The molecular weight excluding hydrogens is 237 g/mol. The quantitative estimate of drug-likeness (QED) is 0.864. The van der Waals surface area contributed by atoms with E-state index in [-0.39, 0.29) is 11.7 Å². The molecule has 18 heavy (non-hydrogen) atoms. The number of benzene rings is 1. The highest BCUT2D eigenvalue weighted by Gasteiger charge is 2.20. The van der Waals surface area contributed by atoms with Crippen LogP contribution in [0.15, 0.2) is 22.7 Å². The molecule has 1 aromatic heterocycles. The second kappa shape index (κ2) is 4.83. The first kappa shape index (κ1) is 12.7. The van der Waals surface area contributed by atoms with Crippen molar-refractivity contribution >= 4 is 0 Å². The van der Waals surface area contributed by atoms with Crippen LogP contribution < -0.4 is 5.73 Å².